The number of carbonyl (C=O) groups excluding carboxylic acids is 2. The van der Waals surface area contributed by atoms with Crippen LogP contribution in [0.25, 0.3) is 5.57 Å². The summed E-state index contributed by atoms with van der Waals surface area (Å²) in [5.74, 6) is 2.49. The molecule has 1 aliphatic heterocycles. The van der Waals surface area contributed by atoms with Crippen LogP contribution in [-0.4, -0.2) is 28.9 Å². The Labute approximate surface area is 148 Å². The number of benzene rings is 1. The number of aryl methyl sites for hydroxylation is 2. The maximum atomic E-state index is 13.2. The summed E-state index contributed by atoms with van der Waals surface area (Å²) in [4.78, 5) is 27.1. The van der Waals surface area contributed by atoms with Crippen molar-refractivity contribution in [2.45, 2.75) is 46.1 Å². The molecule has 1 aromatic rings. The van der Waals surface area contributed by atoms with Gasteiger partial charge in [-0.05, 0) is 57.2 Å². The summed E-state index contributed by atoms with van der Waals surface area (Å²) >= 11 is 0. The van der Waals surface area contributed by atoms with E-state index in [0.717, 1.165) is 29.5 Å². The summed E-state index contributed by atoms with van der Waals surface area (Å²) in [6.45, 7) is 7.83. The molecule has 1 saturated carbocycles. The topological polar surface area (TPSA) is 46.6 Å². The Morgan fingerprint density at radius 1 is 1.32 bits per heavy atom. The lowest BCUT2D eigenvalue weighted by Crippen LogP contribution is -2.44. The fourth-order valence-electron chi connectivity index (χ4n) is 3.38. The van der Waals surface area contributed by atoms with Gasteiger partial charge < -0.3 is 9.64 Å². The van der Waals surface area contributed by atoms with Crippen LogP contribution in [-0.2, 0) is 14.3 Å². The minimum Gasteiger partial charge on any atom is -0.427 e. The fraction of sp³-hybridized carbons (Fsp3) is 0.429. The number of rotatable bonds is 4. The van der Waals surface area contributed by atoms with E-state index < -0.39 is 5.54 Å². The second-order valence-electron chi connectivity index (χ2n) is 7.32. The van der Waals surface area contributed by atoms with Crippen LogP contribution in [0.2, 0.25) is 0 Å². The molecule has 1 aliphatic carbocycles. The number of ether oxygens (including phenoxy) is 1. The van der Waals surface area contributed by atoms with E-state index >= 15 is 0 Å². The molecule has 0 spiro atoms. The summed E-state index contributed by atoms with van der Waals surface area (Å²) in [5, 5.41) is 0. The number of hydrogen-bond acceptors (Lipinski definition) is 3. The van der Waals surface area contributed by atoms with Gasteiger partial charge in [0.1, 0.15) is 5.76 Å². The van der Waals surface area contributed by atoms with Crippen LogP contribution in [0.15, 0.2) is 24.0 Å². The van der Waals surface area contributed by atoms with Crippen molar-refractivity contribution in [3.05, 3.63) is 40.6 Å². The highest BCUT2D eigenvalue weighted by molar-refractivity contribution is 6.24. The molecule has 1 amide bonds. The van der Waals surface area contributed by atoms with Crippen molar-refractivity contribution in [3.63, 3.8) is 0 Å². The molecule has 130 valence electrons. The maximum Gasteiger partial charge on any atom is 0.314 e. The number of nitrogens with zero attached hydrogens (tertiary/aromatic N) is 1. The Kier molecular flexibility index (Phi) is 4.20. The first-order valence-corrected chi connectivity index (χ1v) is 8.57. The zero-order valence-electron chi connectivity index (χ0n) is 15.2. The summed E-state index contributed by atoms with van der Waals surface area (Å²) in [6, 6.07) is 5.87. The highest BCUT2D eigenvalue weighted by Gasteiger charge is 2.49. The lowest BCUT2D eigenvalue weighted by Gasteiger charge is -2.31. The molecule has 0 unspecified atom stereocenters. The van der Waals surface area contributed by atoms with E-state index in [9.17, 15) is 9.59 Å². The van der Waals surface area contributed by atoms with Crippen molar-refractivity contribution in [1.29, 1.82) is 0 Å². The molecule has 0 saturated heterocycles. The van der Waals surface area contributed by atoms with E-state index in [1.807, 2.05) is 45.9 Å². The third kappa shape index (κ3) is 2.84. The Morgan fingerprint density at radius 2 is 1.92 bits per heavy atom. The Hall–Kier alpha value is -2.54. The lowest BCUT2D eigenvalue weighted by atomic mass is 9.93. The minimum absolute atomic E-state index is 0.0423. The van der Waals surface area contributed by atoms with Gasteiger partial charge in [-0.25, -0.2) is 0 Å². The van der Waals surface area contributed by atoms with Crippen LogP contribution in [0.1, 0.15) is 43.4 Å². The average molecular weight is 337 g/mol. The first-order valence-electron chi connectivity index (χ1n) is 8.57. The van der Waals surface area contributed by atoms with E-state index in [1.165, 1.54) is 0 Å². The number of amides is 1. The first kappa shape index (κ1) is 17.3. The predicted octanol–water partition coefficient (Wildman–Crippen LogP) is 3.22. The van der Waals surface area contributed by atoms with Gasteiger partial charge in [-0.3, -0.25) is 9.59 Å². The molecule has 4 nitrogen and oxygen atoms in total. The van der Waals surface area contributed by atoms with Crippen molar-refractivity contribution in [2.75, 3.05) is 6.54 Å². The van der Waals surface area contributed by atoms with Crippen LogP contribution in [0.4, 0.5) is 0 Å². The number of carbonyl (C=O) groups is 2. The van der Waals surface area contributed by atoms with Crippen LogP contribution >= 0.6 is 0 Å². The van der Waals surface area contributed by atoms with Gasteiger partial charge in [0.25, 0.3) is 5.91 Å². The third-order valence-corrected chi connectivity index (χ3v) is 5.01. The van der Waals surface area contributed by atoms with E-state index in [1.54, 1.807) is 4.90 Å². The van der Waals surface area contributed by atoms with Crippen molar-refractivity contribution >= 4 is 17.4 Å². The van der Waals surface area contributed by atoms with Gasteiger partial charge in [0.2, 0.25) is 0 Å². The van der Waals surface area contributed by atoms with Crippen molar-refractivity contribution in [1.82, 2.24) is 4.90 Å². The molecular formula is C21H23NO3. The molecule has 0 atom stereocenters. The minimum atomic E-state index is -0.766. The van der Waals surface area contributed by atoms with Gasteiger partial charge in [0.05, 0.1) is 23.6 Å². The second-order valence-corrected chi connectivity index (χ2v) is 7.32. The van der Waals surface area contributed by atoms with Gasteiger partial charge in [0, 0.05) is 0 Å². The molecule has 0 N–H and O–H groups in total. The SMILES string of the molecule is C#CCN1C(=O)C(c2c(C)cccc2C)=C(OC(=O)C2CC2)C1(C)C. The zero-order chi connectivity index (χ0) is 18.4. The summed E-state index contributed by atoms with van der Waals surface area (Å²) in [5.41, 5.74) is 2.48. The monoisotopic (exact) mass is 337 g/mol. The summed E-state index contributed by atoms with van der Waals surface area (Å²) in [7, 11) is 0. The lowest BCUT2D eigenvalue weighted by molar-refractivity contribution is -0.143. The molecular weight excluding hydrogens is 314 g/mol. The van der Waals surface area contributed by atoms with Crippen LogP contribution < -0.4 is 0 Å². The summed E-state index contributed by atoms with van der Waals surface area (Å²) in [6.07, 6.45) is 7.18. The Balaban J connectivity index is 2.18. The Morgan fingerprint density at radius 3 is 2.44 bits per heavy atom. The molecule has 1 aromatic carbocycles. The zero-order valence-corrected chi connectivity index (χ0v) is 15.2. The molecule has 0 radical (unpaired) electrons. The van der Waals surface area contributed by atoms with Gasteiger partial charge in [-0.15, -0.1) is 6.42 Å². The highest BCUT2D eigenvalue weighted by atomic mass is 16.5. The van der Waals surface area contributed by atoms with E-state index in [0.29, 0.717) is 11.3 Å². The van der Waals surface area contributed by atoms with Crippen LogP contribution in [0.5, 0.6) is 0 Å². The molecule has 0 bridgehead atoms. The molecule has 25 heavy (non-hydrogen) atoms. The highest BCUT2D eigenvalue weighted by Crippen LogP contribution is 2.43. The van der Waals surface area contributed by atoms with Gasteiger partial charge in [0.15, 0.2) is 0 Å². The number of hydrogen-bond donors (Lipinski definition) is 0. The van der Waals surface area contributed by atoms with E-state index in [2.05, 4.69) is 5.92 Å². The van der Waals surface area contributed by atoms with Gasteiger partial charge in [-0.1, -0.05) is 24.1 Å². The van der Waals surface area contributed by atoms with Crippen LogP contribution in [0.3, 0.4) is 0 Å². The first-order chi connectivity index (χ1) is 11.8. The molecule has 2 aliphatic rings. The fourth-order valence-corrected chi connectivity index (χ4v) is 3.38. The average Bonchev–Trinajstić information content (AvgIpc) is 3.36. The van der Waals surface area contributed by atoms with Crippen molar-refractivity contribution < 1.29 is 14.3 Å². The second kappa shape index (κ2) is 6.07. The van der Waals surface area contributed by atoms with Crippen LogP contribution in [0, 0.1) is 32.1 Å². The molecule has 3 rings (SSSR count). The molecule has 1 heterocycles. The van der Waals surface area contributed by atoms with Gasteiger partial charge in [-0.2, -0.15) is 0 Å². The standard InChI is InChI=1S/C21H23NO3/c1-6-12-22-19(23)17(16-13(2)8-7-9-14(16)3)18(21(22,4)5)25-20(24)15-10-11-15/h1,7-9,15H,10-12H2,2-5H3. The quantitative estimate of drug-likeness (QED) is 0.626. The van der Waals surface area contributed by atoms with Crippen molar-refractivity contribution in [3.8, 4) is 12.3 Å². The molecule has 0 aromatic heterocycles. The normalized spacial score (nSPS) is 19.2. The molecule has 1 fully saturated rings. The van der Waals surface area contributed by atoms with Gasteiger partial charge >= 0.3 is 5.97 Å². The third-order valence-electron chi connectivity index (χ3n) is 5.01. The Bertz CT molecular complexity index is 802. The predicted molar refractivity (Wildman–Crippen MR) is 96.3 cm³/mol. The maximum absolute atomic E-state index is 13.2. The summed E-state index contributed by atoms with van der Waals surface area (Å²) < 4.78 is 5.78. The number of esters is 1. The molecule has 4 heteroatoms. The van der Waals surface area contributed by atoms with E-state index in [4.69, 9.17) is 11.2 Å². The smallest absolute Gasteiger partial charge is 0.314 e. The van der Waals surface area contributed by atoms with E-state index in [-0.39, 0.29) is 24.3 Å². The van der Waals surface area contributed by atoms with Crippen molar-refractivity contribution in [2.24, 2.45) is 5.92 Å². The number of terminal acetylenes is 1. The largest absolute Gasteiger partial charge is 0.427 e.